The lowest BCUT2D eigenvalue weighted by Crippen LogP contribution is -2.42. The van der Waals surface area contributed by atoms with Crippen LogP contribution in [0, 0.1) is 5.92 Å². The number of fused-ring (bicyclic) bond motifs is 1. The summed E-state index contributed by atoms with van der Waals surface area (Å²) in [5.74, 6) is 1.23. The Balaban J connectivity index is 1.34. The monoisotopic (exact) mass is 438 g/mol. The van der Waals surface area contributed by atoms with E-state index in [0.717, 1.165) is 36.6 Å². The van der Waals surface area contributed by atoms with E-state index < -0.39 is 0 Å². The summed E-state index contributed by atoms with van der Waals surface area (Å²) < 4.78 is 1.80. The fraction of sp³-hybridized carbons (Fsp3) is 0.478. The van der Waals surface area contributed by atoms with Gasteiger partial charge in [-0.05, 0) is 44.6 Å². The molecule has 1 aliphatic rings. The van der Waals surface area contributed by atoms with E-state index in [-0.39, 0.29) is 37.1 Å². The Bertz CT molecular complexity index is 1030. The molecule has 0 saturated heterocycles. The predicted molar refractivity (Wildman–Crippen MR) is 121 cm³/mol. The summed E-state index contributed by atoms with van der Waals surface area (Å²) in [6.07, 6.45) is 7.72. The van der Waals surface area contributed by atoms with E-state index >= 15 is 0 Å². The highest BCUT2D eigenvalue weighted by atomic mass is 16.3. The van der Waals surface area contributed by atoms with Crippen molar-refractivity contribution < 1.29 is 15.0 Å². The van der Waals surface area contributed by atoms with Crippen LogP contribution in [0.3, 0.4) is 0 Å². The van der Waals surface area contributed by atoms with Crippen molar-refractivity contribution in [2.45, 2.75) is 50.6 Å². The molecule has 3 aromatic rings. The number of nitrogens with zero attached hydrogens (tertiary/aromatic N) is 4. The number of benzene rings is 1. The van der Waals surface area contributed by atoms with Gasteiger partial charge in [0.1, 0.15) is 0 Å². The summed E-state index contributed by atoms with van der Waals surface area (Å²) in [5.41, 5.74) is 0.990. The van der Waals surface area contributed by atoms with Crippen LogP contribution in [0.15, 0.2) is 42.7 Å². The Morgan fingerprint density at radius 1 is 1.09 bits per heavy atom. The van der Waals surface area contributed by atoms with E-state index in [9.17, 15) is 4.79 Å². The molecule has 0 radical (unpaired) electrons. The number of para-hydroxylation sites is 1. The first-order valence-corrected chi connectivity index (χ1v) is 11.2. The van der Waals surface area contributed by atoms with E-state index in [4.69, 9.17) is 10.2 Å². The van der Waals surface area contributed by atoms with Crippen molar-refractivity contribution in [1.82, 2.24) is 25.1 Å². The van der Waals surface area contributed by atoms with Crippen LogP contribution < -0.4 is 10.6 Å². The second kappa shape index (κ2) is 10.5. The summed E-state index contributed by atoms with van der Waals surface area (Å²) in [6, 6.07) is 9.85. The zero-order valence-electron chi connectivity index (χ0n) is 18.0. The maximum absolute atomic E-state index is 12.6. The molecule has 0 aliphatic heterocycles. The number of hydrogen-bond acceptors (Lipinski definition) is 7. The molecular formula is C23H30N6O3. The summed E-state index contributed by atoms with van der Waals surface area (Å²) in [7, 11) is 0. The molecule has 0 unspecified atom stereocenters. The number of anilines is 1. The minimum absolute atomic E-state index is 0.00496. The number of aliphatic hydroxyl groups excluding tert-OH is 2. The third-order valence-corrected chi connectivity index (χ3v) is 6.07. The quantitative estimate of drug-likeness (QED) is 0.403. The first-order valence-electron chi connectivity index (χ1n) is 11.2. The number of carbonyl (C=O) groups excluding carboxylic acids is 1. The number of carbonyl (C=O) groups is 1. The summed E-state index contributed by atoms with van der Waals surface area (Å²) in [6.45, 7) is -0.00993. The molecule has 4 N–H and O–H groups in total. The second-order valence-electron chi connectivity index (χ2n) is 8.28. The van der Waals surface area contributed by atoms with Gasteiger partial charge in [0.05, 0.1) is 11.7 Å². The zero-order chi connectivity index (χ0) is 22.3. The van der Waals surface area contributed by atoms with Gasteiger partial charge in [-0.25, -0.2) is 9.67 Å². The predicted octanol–water partition coefficient (Wildman–Crippen LogP) is 2.04. The fourth-order valence-electron chi connectivity index (χ4n) is 4.29. The maximum atomic E-state index is 12.6. The molecule has 170 valence electrons. The average molecular weight is 439 g/mol. The van der Waals surface area contributed by atoms with Gasteiger partial charge in [0, 0.05) is 48.9 Å². The Kier molecular flexibility index (Phi) is 7.28. The van der Waals surface area contributed by atoms with Gasteiger partial charge in [0.15, 0.2) is 5.82 Å². The van der Waals surface area contributed by atoms with E-state index in [1.54, 1.807) is 10.9 Å². The van der Waals surface area contributed by atoms with Gasteiger partial charge in [-0.2, -0.15) is 10.1 Å². The number of hydrogen-bond donors (Lipinski definition) is 4. The summed E-state index contributed by atoms with van der Waals surface area (Å²) in [4.78, 5) is 21.6. The first kappa shape index (κ1) is 22.2. The molecule has 9 nitrogen and oxygen atoms in total. The topological polar surface area (TPSA) is 125 Å². The molecule has 1 fully saturated rings. The van der Waals surface area contributed by atoms with Gasteiger partial charge in [-0.3, -0.25) is 4.79 Å². The Morgan fingerprint density at radius 2 is 1.84 bits per heavy atom. The summed E-state index contributed by atoms with van der Waals surface area (Å²) >= 11 is 0. The van der Waals surface area contributed by atoms with Gasteiger partial charge in [-0.15, -0.1) is 0 Å². The van der Waals surface area contributed by atoms with Crippen molar-refractivity contribution >= 4 is 22.8 Å². The van der Waals surface area contributed by atoms with Gasteiger partial charge in [0.2, 0.25) is 11.9 Å². The van der Waals surface area contributed by atoms with Crippen LogP contribution in [0.25, 0.3) is 16.7 Å². The molecule has 1 amide bonds. The molecule has 2 aromatic heterocycles. The Morgan fingerprint density at radius 3 is 2.59 bits per heavy atom. The minimum Gasteiger partial charge on any atom is -0.396 e. The van der Waals surface area contributed by atoms with Crippen molar-refractivity contribution in [3.8, 4) is 5.82 Å². The zero-order valence-corrected chi connectivity index (χ0v) is 18.0. The number of aliphatic hydroxyl groups is 2. The Labute approximate surface area is 186 Å². The number of amides is 1. The molecule has 0 spiro atoms. The van der Waals surface area contributed by atoms with Crippen molar-refractivity contribution in [3.63, 3.8) is 0 Å². The summed E-state index contributed by atoms with van der Waals surface area (Å²) in [5, 5.41) is 30.2. The van der Waals surface area contributed by atoms with E-state index in [1.165, 1.54) is 0 Å². The van der Waals surface area contributed by atoms with Crippen molar-refractivity contribution in [1.29, 1.82) is 0 Å². The molecule has 0 bridgehead atoms. The average Bonchev–Trinajstić information content (AvgIpc) is 3.24. The van der Waals surface area contributed by atoms with Gasteiger partial charge >= 0.3 is 0 Å². The van der Waals surface area contributed by atoms with Crippen molar-refractivity contribution in [3.05, 3.63) is 42.7 Å². The number of nitrogens with one attached hydrogen (secondary N) is 2. The first-order chi connectivity index (χ1) is 15.7. The molecule has 9 heteroatoms. The molecular weight excluding hydrogens is 408 g/mol. The highest BCUT2D eigenvalue weighted by molar-refractivity contribution is 5.80. The third kappa shape index (κ3) is 5.23. The van der Waals surface area contributed by atoms with Crippen LogP contribution in [0.2, 0.25) is 0 Å². The Hall–Kier alpha value is -3.04. The van der Waals surface area contributed by atoms with Crippen LogP contribution in [0.5, 0.6) is 0 Å². The maximum Gasteiger partial charge on any atom is 0.224 e. The van der Waals surface area contributed by atoms with Crippen molar-refractivity contribution in [2.75, 3.05) is 18.5 Å². The van der Waals surface area contributed by atoms with Gasteiger partial charge in [0.25, 0.3) is 0 Å². The lowest BCUT2D eigenvalue weighted by atomic mass is 9.85. The van der Waals surface area contributed by atoms with Crippen LogP contribution >= 0.6 is 0 Å². The lowest BCUT2D eigenvalue weighted by Gasteiger charge is -2.29. The molecule has 2 heterocycles. The highest BCUT2D eigenvalue weighted by Gasteiger charge is 2.28. The van der Waals surface area contributed by atoms with E-state index in [1.807, 2.05) is 36.5 Å². The molecule has 32 heavy (non-hydrogen) atoms. The normalized spacial score (nSPS) is 18.7. The van der Waals surface area contributed by atoms with Gasteiger partial charge in [-0.1, -0.05) is 18.2 Å². The number of rotatable bonds is 9. The standard InChI is InChI=1S/C23H30N6O3/c30-13-10-19(11-14-31)26-22(32)16-5-7-18(8-6-16)27-23-24-12-9-21(28-23)29-20-4-2-1-3-17(20)15-25-29/h1-4,9,12,15-16,18-19,30-31H,5-8,10-11,13-14H2,(H,26,32)(H,24,27,28)/t16-,18-. The third-order valence-electron chi connectivity index (χ3n) is 6.07. The van der Waals surface area contributed by atoms with Crippen LogP contribution in [-0.4, -0.2) is 61.2 Å². The highest BCUT2D eigenvalue weighted by Crippen LogP contribution is 2.27. The van der Waals surface area contributed by atoms with Crippen LogP contribution in [0.1, 0.15) is 38.5 Å². The SMILES string of the molecule is O=C(NC(CCO)CCO)[C@H]1CC[C@H](Nc2nccc(-n3ncc4ccccc43)n2)CC1. The minimum atomic E-state index is -0.178. The molecule has 1 aliphatic carbocycles. The van der Waals surface area contributed by atoms with E-state index in [2.05, 4.69) is 25.7 Å². The lowest BCUT2D eigenvalue weighted by molar-refractivity contribution is -0.126. The molecule has 0 atom stereocenters. The van der Waals surface area contributed by atoms with Crippen molar-refractivity contribution in [2.24, 2.45) is 5.92 Å². The van der Waals surface area contributed by atoms with Crippen LogP contribution in [-0.2, 0) is 4.79 Å². The molecule has 1 saturated carbocycles. The largest absolute Gasteiger partial charge is 0.396 e. The van der Waals surface area contributed by atoms with Crippen LogP contribution in [0.4, 0.5) is 5.95 Å². The molecule has 1 aromatic carbocycles. The van der Waals surface area contributed by atoms with E-state index in [0.29, 0.717) is 24.6 Å². The smallest absolute Gasteiger partial charge is 0.224 e. The van der Waals surface area contributed by atoms with Gasteiger partial charge < -0.3 is 20.8 Å². The number of aromatic nitrogens is 4. The second-order valence-corrected chi connectivity index (χ2v) is 8.28. The fourth-order valence-corrected chi connectivity index (χ4v) is 4.29. The molecule has 4 rings (SSSR count).